The molecule has 1 fully saturated rings. The predicted octanol–water partition coefficient (Wildman–Crippen LogP) is 1.46. The molecular formula is C11H16N2OS. The average molecular weight is 224 g/mol. The Morgan fingerprint density at radius 2 is 2.53 bits per heavy atom. The molecule has 1 aromatic rings. The molecule has 1 aliphatic rings. The van der Waals surface area contributed by atoms with Gasteiger partial charge in [-0.2, -0.15) is 11.3 Å². The van der Waals surface area contributed by atoms with E-state index in [1.165, 1.54) is 5.56 Å². The molecule has 3 nitrogen and oxygen atoms in total. The van der Waals surface area contributed by atoms with Crippen LogP contribution in [0.3, 0.4) is 0 Å². The number of thiophene rings is 1. The Hall–Kier alpha value is -0.870. The number of carbonyl (C=O) groups excluding carboxylic acids is 1. The van der Waals surface area contributed by atoms with E-state index in [0.29, 0.717) is 0 Å². The second-order valence-electron chi connectivity index (χ2n) is 3.87. The van der Waals surface area contributed by atoms with Crippen LogP contribution in [-0.4, -0.2) is 30.4 Å². The Balaban J connectivity index is 1.99. The van der Waals surface area contributed by atoms with Crippen molar-refractivity contribution in [3.05, 3.63) is 22.4 Å². The van der Waals surface area contributed by atoms with E-state index < -0.39 is 0 Å². The lowest BCUT2D eigenvalue weighted by atomic mass is 10.0. The van der Waals surface area contributed by atoms with Gasteiger partial charge < -0.3 is 10.2 Å². The van der Waals surface area contributed by atoms with Gasteiger partial charge in [-0.3, -0.25) is 4.79 Å². The Morgan fingerprint density at radius 3 is 3.20 bits per heavy atom. The van der Waals surface area contributed by atoms with Crippen molar-refractivity contribution >= 4 is 17.2 Å². The molecule has 2 rings (SSSR count). The summed E-state index contributed by atoms with van der Waals surface area (Å²) >= 11 is 1.68. The van der Waals surface area contributed by atoms with Gasteiger partial charge in [0.1, 0.15) is 0 Å². The highest BCUT2D eigenvalue weighted by Crippen LogP contribution is 2.16. The smallest absolute Gasteiger partial charge is 0.239 e. The molecule has 15 heavy (non-hydrogen) atoms. The lowest BCUT2D eigenvalue weighted by molar-refractivity contribution is -0.136. The van der Waals surface area contributed by atoms with E-state index >= 15 is 0 Å². The summed E-state index contributed by atoms with van der Waals surface area (Å²) in [6.45, 7) is 1.66. The van der Waals surface area contributed by atoms with Gasteiger partial charge in [-0.1, -0.05) is 0 Å². The van der Waals surface area contributed by atoms with Crippen molar-refractivity contribution < 1.29 is 4.79 Å². The van der Waals surface area contributed by atoms with Crippen molar-refractivity contribution in [3.63, 3.8) is 0 Å². The summed E-state index contributed by atoms with van der Waals surface area (Å²) < 4.78 is 0. The number of nitrogens with one attached hydrogen (secondary N) is 1. The molecule has 0 radical (unpaired) electrons. The first-order valence-corrected chi connectivity index (χ1v) is 6.22. The van der Waals surface area contributed by atoms with E-state index in [-0.39, 0.29) is 11.9 Å². The van der Waals surface area contributed by atoms with Gasteiger partial charge in [-0.25, -0.2) is 0 Å². The van der Waals surface area contributed by atoms with Gasteiger partial charge >= 0.3 is 0 Å². The third-order valence-electron chi connectivity index (χ3n) is 2.83. The first-order valence-electron chi connectivity index (χ1n) is 5.28. The minimum absolute atomic E-state index is 0.0254. The van der Waals surface area contributed by atoms with Gasteiger partial charge in [0, 0.05) is 13.1 Å². The van der Waals surface area contributed by atoms with Gasteiger partial charge in [0.05, 0.1) is 6.04 Å². The van der Waals surface area contributed by atoms with Crippen molar-refractivity contribution in [3.8, 4) is 0 Å². The van der Waals surface area contributed by atoms with Crippen LogP contribution in [0, 0.1) is 0 Å². The van der Waals surface area contributed by atoms with Crippen molar-refractivity contribution in [2.24, 2.45) is 0 Å². The monoisotopic (exact) mass is 224 g/mol. The molecule has 1 amide bonds. The molecule has 2 heterocycles. The number of likely N-dealkylation sites (tertiary alicyclic amines) is 1. The van der Waals surface area contributed by atoms with Crippen LogP contribution in [0.5, 0.6) is 0 Å². The zero-order valence-corrected chi connectivity index (χ0v) is 9.72. The first kappa shape index (κ1) is 10.6. The molecular weight excluding hydrogens is 208 g/mol. The maximum Gasteiger partial charge on any atom is 0.239 e. The average Bonchev–Trinajstić information content (AvgIpc) is 2.74. The van der Waals surface area contributed by atoms with Crippen LogP contribution >= 0.6 is 11.3 Å². The predicted molar refractivity (Wildman–Crippen MR) is 61.8 cm³/mol. The molecule has 1 saturated heterocycles. The molecule has 4 heteroatoms. The normalized spacial score (nSPS) is 22.1. The fourth-order valence-corrected chi connectivity index (χ4v) is 2.63. The van der Waals surface area contributed by atoms with E-state index in [4.69, 9.17) is 0 Å². The number of nitrogens with zero attached hydrogens (tertiary/aromatic N) is 1. The molecule has 82 valence electrons. The van der Waals surface area contributed by atoms with Gasteiger partial charge in [0.2, 0.25) is 5.91 Å². The fraction of sp³-hybridized carbons (Fsp3) is 0.545. The summed E-state index contributed by atoms with van der Waals surface area (Å²) in [5.74, 6) is 0.245. The zero-order valence-electron chi connectivity index (χ0n) is 8.90. The van der Waals surface area contributed by atoms with Gasteiger partial charge in [-0.05, 0) is 42.3 Å². The molecule has 0 saturated carbocycles. The van der Waals surface area contributed by atoms with E-state index in [9.17, 15) is 4.79 Å². The summed E-state index contributed by atoms with van der Waals surface area (Å²) in [4.78, 5) is 13.9. The number of carbonyl (C=O) groups is 1. The highest BCUT2D eigenvalue weighted by atomic mass is 32.1. The van der Waals surface area contributed by atoms with Crippen LogP contribution < -0.4 is 5.32 Å². The highest BCUT2D eigenvalue weighted by Gasteiger charge is 2.27. The van der Waals surface area contributed by atoms with Gasteiger partial charge in [0.25, 0.3) is 0 Å². The molecule has 1 aromatic heterocycles. The molecule has 1 atom stereocenters. The molecule has 1 N–H and O–H groups in total. The first-order chi connectivity index (χ1) is 7.31. The molecule has 0 bridgehead atoms. The van der Waals surface area contributed by atoms with E-state index in [1.54, 1.807) is 11.3 Å². The lowest BCUT2D eigenvalue weighted by Crippen LogP contribution is -2.49. The number of likely N-dealkylation sites (N-methyl/N-ethyl adjacent to an activating group) is 1. The highest BCUT2D eigenvalue weighted by molar-refractivity contribution is 7.07. The number of amides is 1. The van der Waals surface area contributed by atoms with Crippen molar-refractivity contribution in [2.45, 2.75) is 25.4 Å². The molecule has 0 aromatic carbocycles. The SMILES string of the molecule is CNC1CCCN(Cc2ccsc2)C1=O. The van der Waals surface area contributed by atoms with Crippen LogP contribution in [0.15, 0.2) is 16.8 Å². The van der Waals surface area contributed by atoms with E-state index in [0.717, 1.165) is 25.9 Å². The standard InChI is InChI=1S/C11H16N2OS/c1-12-10-3-2-5-13(11(10)14)7-9-4-6-15-8-9/h4,6,8,10,12H,2-3,5,7H2,1H3. The van der Waals surface area contributed by atoms with Crippen molar-refractivity contribution in [1.82, 2.24) is 10.2 Å². The molecule has 0 spiro atoms. The number of rotatable bonds is 3. The maximum absolute atomic E-state index is 11.9. The van der Waals surface area contributed by atoms with E-state index in [1.807, 2.05) is 11.9 Å². The number of hydrogen-bond acceptors (Lipinski definition) is 3. The fourth-order valence-electron chi connectivity index (χ4n) is 1.97. The van der Waals surface area contributed by atoms with Crippen LogP contribution in [-0.2, 0) is 11.3 Å². The van der Waals surface area contributed by atoms with E-state index in [2.05, 4.69) is 22.1 Å². The van der Waals surface area contributed by atoms with Crippen LogP contribution in [0.25, 0.3) is 0 Å². The van der Waals surface area contributed by atoms with Gasteiger partial charge in [-0.15, -0.1) is 0 Å². The summed E-state index contributed by atoms with van der Waals surface area (Å²) in [7, 11) is 1.86. The molecule has 0 aliphatic carbocycles. The summed E-state index contributed by atoms with van der Waals surface area (Å²) in [5, 5.41) is 7.24. The van der Waals surface area contributed by atoms with Crippen LogP contribution in [0.4, 0.5) is 0 Å². The van der Waals surface area contributed by atoms with Crippen LogP contribution in [0.1, 0.15) is 18.4 Å². The topological polar surface area (TPSA) is 32.3 Å². The van der Waals surface area contributed by atoms with Crippen LogP contribution in [0.2, 0.25) is 0 Å². The van der Waals surface area contributed by atoms with Crippen molar-refractivity contribution in [2.75, 3.05) is 13.6 Å². The Kier molecular flexibility index (Phi) is 3.38. The minimum atomic E-state index is 0.0254. The van der Waals surface area contributed by atoms with Crippen molar-refractivity contribution in [1.29, 1.82) is 0 Å². The third kappa shape index (κ3) is 2.38. The Morgan fingerprint density at radius 1 is 1.67 bits per heavy atom. The summed E-state index contributed by atoms with van der Waals surface area (Å²) in [5.41, 5.74) is 1.24. The molecule has 1 aliphatic heterocycles. The van der Waals surface area contributed by atoms with Gasteiger partial charge in [0.15, 0.2) is 0 Å². The third-order valence-corrected chi connectivity index (χ3v) is 3.56. The maximum atomic E-state index is 11.9. The number of hydrogen-bond donors (Lipinski definition) is 1. The summed E-state index contributed by atoms with van der Waals surface area (Å²) in [6, 6.07) is 2.11. The second-order valence-corrected chi connectivity index (χ2v) is 4.65. The zero-order chi connectivity index (χ0) is 10.7. The Labute approximate surface area is 94.1 Å². The summed E-state index contributed by atoms with van der Waals surface area (Å²) in [6.07, 6.45) is 2.07. The minimum Gasteiger partial charge on any atom is -0.337 e. The largest absolute Gasteiger partial charge is 0.337 e. The second kappa shape index (κ2) is 4.77. The molecule has 1 unspecified atom stereocenters. The number of piperidine rings is 1. The quantitative estimate of drug-likeness (QED) is 0.843. The lowest BCUT2D eigenvalue weighted by Gasteiger charge is -2.31. The Bertz CT molecular complexity index is 323.